The summed E-state index contributed by atoms with van der Waals surface area (Å²) in [5.74, 6) is 1.07. The van der Waals surface area contributed by atoms with Crippen molar-refractivity contribution in [2.45, 2.75) is 58.9 Å². The molecule has 0 aliphatic carbocycles. The van der Waals surface area contributed by atoms with E-state index in [1.807, 2.05) is 30.3 Å². The first-order chi connectivity index (χ1) is 12.0. The molecule has 0 saturated carbocycles. The highest BCUT2D eigenvalue weighted by molar-refractivity contribution is 5.74. The fraction of sp³-hybridized carbons (Fsp3) is 0.455. The first-order valence-electron chi connectivity index (χ1n) is 8.83. The Morgan fingerprint density at radius 1 is 0.962 bits per heavy atom. The van der Waals surface area contributed by atoms with Crippen LogP contribution in [0.1, 0.15) is 58.2 Å². The van der Waals surface area contributed by atoms with Crippen LogP contribution in [0.3, 0.4) is 0 Å². The Balaban J connectivity index is 2.81. The average Bonchev–Trinajstić information content (AvgIpc) is 2.53. The van der Waals surface area contributed by atoms with Crippen LogP contribution in [-0.4, -0.2) is 12.2 Å². The van der Waals surface area contributed by atoms with Gasteiger partial charge in [0.25, 0.3) is 0 Å². The molecular weight excluding hydrogens is 326 g/mol. The van der Waals surface area contributed by atoms with Crippen molar-refractivity contribution in [1.82, 2.24) is 0 Å². The minimum absolute atomic E-state index is 0.118. The molecule has 0 unspecified atom stereocenters. The standard InChI is InChI=1S/C22H29NO3/c1-21(2,3)17-11-15(12-18(20(17)24)22(4,5)6)16-10-14(13-23-25)8-9-19(16)26-7/h8-12,24H,13H2,1-7H3. The molecule has 1 N–H and O–H groups in total. The lowest BCUT2D eigenvalue weighted by Gasteiger charge is -2.28. The van der Waals surface area contributed by atoms with Gasteiger partial charge in [-0.3, -0.25) is 0 Å². The summed E-state index contributed by atoms with van der Waals surface area (Å²) in [4.78, 5) is 10.7. The van der Waals surface area contributed by atoms with Gasteiger partial charge < -0.3 is 9.84 Å². The number of ether oxygens (including phenoxy) is 1. The van der Waals surface area contributed by atoms with E-state index in [-0.39, 0.29) is 17.4 Å². The normalized spacial score (nSPS) is 12.1. The van der Waals surface area contributed by atoms with Gasteiger partial charge in [-0.2, -0.15) is 4.91 Å². The van der Waals surface area contributed by atoms with Gasteiger partial charge in [-0.1, -0.05) is 52.8 Å². The summed E-state index contributed by atoms with van der Waals surface area (Å²) in [6.45, 7) is 12.6. The number of rotatable bonds is 4. The van der Waals surface area contributed by atoms with Crippen molar-refractivity contribution in [1.29, 1.82) is 0 Å². The molecule has 0 amide bonds. The molecule has 0 aliphatic rings. The van der Waals surface area contributed by atoms with E-state index < -0.39 is 0 Å². The van der Waals surface area contributed by atoms with Crippen LogP contribution in [0.15, 0.2) is 35.5 Å². The second-order valence-electron chi connectivity index (χ2n) is 8.74. The van der Waals surface area contributed by atoms with Crippen molar-refractivity contribution in [2.24, 2.45) is 5.18 Å². The van der Waals surface area contributed by atoms with E-state index in [0.717, 1.165) is 33.6 Å². The van der Waals surface area contributed by atoms with Gasteiger partial charge in [0.05, 0.1) is 7.11 Å². The molecule has 0 saturated heterocycles. The number of hydrogen-bond donors (Lipinski definition) is 1. The lowest BCUT2D eigenvalue weighted by Crippen LogP contribution is -2.17. The number of nitrogens with zero attached hydrogens (tertiary/aromatic N) is 1. The van der Waals surface area contributed by atoms with Crippen molar-refractivity contribution >= 4 is 0 Å². The SMILES string of the molecule is COc1ccc(CN=O)cc1-c1cc(C(C)(C)C)c(O)c(C(C)(C)C)c1. The highest BCUT2D eigenvalue weighted by Gasteiger charge is 2.27. The second-order valence-corrected chi connectivity index (χ2v) is 8.74. The lowest BCUT2D eigenvalue weighted by atomic mass is 9.77. The maximum atomic E-state index is 10.9. The van der Waals surface area contributed by atoms with Crippen molar-refractivity contribution in [3.63, 3.8) is 0 Å². The van der Waals surface area contributed by atoms with Crippen LogP contribution in [0.5, 0.6) is 11.5 Å². The Kier molecular flexibility index (Phi) is 5.45. The molecule has 0 spiro atoms. The van der Waals surface area contributed by atoms with E-state index in [0.29, 0.717) is 5.75 Å². The van der Waals surface area contributed by atoms with Crippen LogP contribution in [0.25, 0.3) is 11.1 Å². The fourth-order valence-corrected chi connectivity index (χ4v) is 3.09. The topological polar surface area (TPSA) is 58.9 Å². The molecule has 0 radical (unpaired) electrons. The Hall–Kier alpha value is -2.36. The Morgan fingerprint density at radius 3 is 1.92 bits per heavy atom. The molecular formula is C22H29NO3. The highest BCUT2D eigenvalue weighted by Crippen LogP contribution is 2.43. The first-order valence-corrected chi connectivity index (χ1v) is 8.83. The molecule has 0 aromatic heterocycles. The number of nitroso groups, excluding NO2 is 1. The van der Waals surface area contributed by atoms with E-state index in [2.05, 4.69) is 46.7 Å². The van der Waals surface area contributed by atoms with Gasteiger partial charge in [0, 0.05) is 16.7 Å². The fourth-order valence-electron chi connectivity index (χ4n) is 3.09. The van der Waals surface area contributed by atoms with Crippen molar-refractivity contribution < 1.29 is 9.84 Å². The summed E-state index contributed by atoms with van der Waals surface area (Å²) >= 11 is 0. The molecule has 4 nitrogen and oxygen atoms in total. The zero-order chi connectivity index (χ0) is 19.7. The van der Waals surface area contributed by atoms with Gasteiger partial charge in [0.2, 0.25) is 0 Å². The molecule has 2 aromatic carbocycles. The number of aromatic hydroxyl groups is 1. The van der Waals surface area contributed by atoms with Gasteiger partial charge >= 0.3 is 0 Å². The largest absolute Gasteiger partial charge is 0.507 e. The van der Waals surface area contributed by atoms with Gasteiger partial charge in [0.1, 0.15) is 18.0 Å². The zero-order valence-electron chi connectivity index (χ0n) is 16.8. The van der Waals surface area contributed by atoms with Gasteiger partial charge in [-0.25, -0.2) is 0 Å². The molecule has 0 bridgehead atoms. The quantitative estimate of drug-likeness (QED) is 0.692. The van der Waals surface area contributed by atoms with Gasteiger partial charge in [-0.05, 0) is 46.2 Å². The van der Waals surface area contributed by atoms with Gasteiger partial charge in [-0.15, -0.1) is 0 Å². The average molecular weight is 355 g/mol. The summed E-state index contributed by atoms with van der Waals surface area (Å²) in [6.07, 6.45) is 0. The van der Waals surface area contributed by atoms with E-state index in [9.17, 15) is 10.0 Å². The highest BCUT2D eigenvalue weighted by atomic mass is 16.5. The van der Waals surface area contributed by atoms with Crippen molar-refractivity contribution in [3.8, 4) is 22.6 Å². The number of methoxy groups -OCH3 is 1. The Bertz CT molecular complexity index is 776. The monoisotopic (exact) mass is 355 g/mol. The minimum Gasteiger partial charge on any atom is -0.507 e. The summed E-state index contributed by atoms with van der Waals surface area (Å²) in [5, 5.41) is 13.9. The predicted molar refractivity (Wildman–Crippen MR) is 107 cm³/mol. The Morgan fingerprint density at radius 2 is 1.50 bits per heavy atom. The third-order valence-electron chi connectivity index (χ3n) is 4.55. The van der Waals surface area contributed by atoms with Crippen molar-refractivity contribution in [3.05, 3.63) is 51.9 Å². The van der Waals surface area contributed by atoms with Crippen LogP contribution in [0.2, 0.25) is 0 Å². The van der Waals surface area contributed by atoms with Crippen LogP contribution < -0.4 is 4.74 Å². The molecule has 0 heterocycles. The first kappa shape index (κ1) is 20.0. The summed E-state index contributed by atoms with van der Waals surface area (Å²) in [6, 6.07) is 9.67. The molecule has 0 atom stereocenters. The van der Waals surface area contributed by atoms with Crippen LogP contribution >= 0.6 is 0 Å². The van der Waals surface area contributed by atoms with Crippen molar-refractivity contribution in [2.75, 3.05) is 7.11 Å². The third kappa shape index (κ3) is 4.06. The number of phenolic OH excluding ortho intramolecular Hbond substituents is 1. The maximum Gasteiger partial charge on any atom is 0.126 e. The van der Waals surface area contributed by atoms with E-state index in [1.165, 1.54) is 0 Å². The van der Waals surface area contributed by atoms with E-state index in [1.54, 1.807) is 7.11 Å². The lowest BCUT2D eigenvalue weighted by molar-refractivity contribution is 0.415. The molecule has 0 aliphatic heterocycles. The zero-order valence-corrected chi connectivity index (χ0v) is 16.8. The molecule has 0 fully saturated rings. The third-order valence-corrected chi connectivity index (χ3v) is 4.55. The summed E-state index contributed by atoms with van der Waals surface area (Å²) in [5.41, 5.74) is 4.04. The molecule has 2 aromatic rings. The molecule has 26 heavy (non-hydrogen) atoms. The summed E-state index contributed by atoms with van der Waals surface area (Å²) in [7, 11) is 1.63. The number of phenols is 1. The van der Waals surface area contributed by atoms with Gasteiger partial charge in [0.15, 0.2) is 0 Å². The number of benzene rings is 2. The summed E-state index contributed by atoms with van der Waals surface area (Å²) < 4.78 is 5.54. The maximum absolute atomic E-state index is 10.9. The smallest absolute Gasteiger partial charge is 0.126 e. The van der Waals surface area contributed by atoms with E-state index in [4.69, 9.17) is 4.74 Å². The van der Waals surface area contributed by atoms with E-state index >= 15 is 0 Å². The number of hydrogen-bond acceptors (Lipinski definition) is 4. The predicted octanol–water partition coefficient (Wildman–Crippen LogP) is 5.93. The molecule has 2 rings (SSSR count). The van der Waals surface area contributed by atoms with Crippen LogP contribution in [0.4, 0.5) is 0 Å². The molecule has 140 valence electrons. The minimum atomic E-state index is -0.213. The molecule has 4 heteroatoms. The van der Waals surface area contributed by atoms with Crippen LogP contribution in [-0.2, 0) is 17.4 Å². The second kappa shape index (κ2) is 7.10. The van der Waals surface area contributed by atoms with Crippen LogP contribution in [0, 0.1) is 4.91 Å². The Labute approximate surface area is 156 Å².